The van der Waals surface area contributed by atoms with Crippen molar-refractivity contribution in [1.82, 2.24) is 5.32 Å². The van der Waals surface area contributed by atoms with Crippen LogP contribution in [0.3, 0.4) is 0 Å². The molecule has 1 amide bonds. The Hall–Kier alpha value is -0.580. The van der Waals surface area contributed by atoms with Crippen molar-refractivity contribution in [2.75, 3.05) is 12.3 Å². The molecule has 1 heterocycles. The Morgan fingerprint density at radius 1 is 1.45 bits per heavy atom. The van der Waals surface area contributed by atoms with Crippen LogP contribution in [0.1, 0.15) is 13.8 Å². The minimum atomic E-state index is -3.22. The fraction of sp³-hybridized carbons (Fsp3) is 0.833. The van der Waals surface area contributed by atoms with Crippen molar-refractivity contribution in [3.8, 4) is 0 Å². The van der Waals surface area contributed by atoms with Crippen LogP contribution in [0.15, 0.2) is 0 Å². The first-order chi connectivity index (χ1) is 4.85. The van der Waals surface area contributed by atoms with Gasteiger partial charge in [-0.1, -0.05) is 0 Å². The van der Waals surface area contributed by atoms with E-state index >= 15 is 0 Å². The maximum atomic E-state index is 11.3. The number of hydrogen-bond donors (Lipinski definition) is 1. The molecule has 0 unspecified atom stereocenters. The number of sulfone groups is 1. The SMILES string of the molecule is CC1(C)CNC(=O)CS1(=O)=O. The fourth-order valence-corrected chi connectivity index (χ4v) is 1.97. The Balaban J connectivity index is 3.00. The lowest BCUT2D eigenvalue weighted by Crippen LogP contribution is -2.53. The van der Waals surface area contributed by atoms with Gasteiger partial charge >= 0.3 is 0 Å². The Labute approximate surface area is 65.9 Å². The second-order valence-corrected chi connectivity index (χ2v) is 5.92. The molecule has 1 aliphatic heterocycles. The molecule has 64 valence electrons. The van der Waals surface area contributed by atoms with E-state index in [1.807, 2.05) is 0 Å². The molecule has 1 rings (SSSR count). The minimum Gasteiger partial charge on any atom is -0.354 e. The summed E-state index contributed by atoms with van der Waals surface area (Å²) in [7, 11) is -3.22. The molecule has 0 bridgehead atoms. The minimum absolute atomic E-state index is 0.216. The van der Waals surface area contributed by atoms with Gasteiger partial charge in [0.15, 0.2) is 9.84 Å². The number of nitrogens with one attached hydrogen (secondary N) is 1. The molecule has 0 saturated carbocycles. The Bertz CT molecular complexity index is 278. The van der Waals surface area contributed by atoms with E-state index in [2.05, 4.69) is 5.32 Å². The van der Waals surface area contributed by atoms with E-state index in [1.54, 1.807) is 13.8 Å². The molecule has 0 aliphatic carbocycles. The molecule has 1 N–H and O–H groups in total. The quantitative estimate of drug-likeness (QED) is 0.532. The first-order valence-electron chi connectivity index (χ1n) is 3.34. The molecular weight excluding hydrogens is 166 g/mol. The highest BCUT2D eigenvalue weighted by Gasteiger charge is 2.39. The van der Waals surface area contributed by atoms with Crippen molar-refractivity contribution in [2.45, 2.75) is 18.6 Å². The van der Waals surface area contributed by atoms with Crippen molar-refractivity contribution in [3.05, 3.63) is 0 Å². The molecule has 0 aromatic rings. The van der Waals surface area contributed by atoms with Crippen molar-refractivity contribution < 1.29 is 13.2 Å². The normalized spacial score (nSPS) is 27.6. The van der Waals surface area contributed by atoms with Gasteiger partial charge in [-0.3, -0.25) is 4.79 Å². The van der Waals surface area contributed by atoms with Crippen LogP contribution in [0.4, 0.5) is 0 Å². The van der Waals surface area contributed by atoms with Crippen LogP contribution >= 0.6 is 0 Å². The Morgan fingerprint density at radius 3 is 2.36 bits per heavy atom. The molecule has 0 spiro atoms. The average Bonchev–Trinajstić information content (AvgIpc) is 1.80. The molecule has 1 fully saturated rings. The second-order valence-electron chi connectivity index (χ2n) is 3.30. The highest BCUT2D eigenvalue weighted by molar-refractivity contribution is 7.93. The first-order valence-corrected chi connectivity index (χ1v) is 4.99. The van der Waals surface area contributed by atoms with E-state index in [0.717, 1.165) is 0 Å². The third-order valence-corrected chi connectivity index (χ3v) is 4.34. The highest BCUT2D eigenvalue weighted by Crippen LogP contribution is 2.18. The smallest absolute Gasteiger partial charge is 0.235 e. The molecule has 4 nitrogen and oxygen atoms in total. The first kappa shape index (κ1) is 8.52. The summed E-state index contributed by atoms with van der Waals surface area (Å²) in [6.07, 6.45) is 0. The maximum Gasteiger partial charge on any atom is 0.235 e. The lowest BCUT2D eigenvalue weighted by molar-refractivity contribution is -0.119. The number of carbonyl (C=O) groups excluding carboxylic acids is 1. The van der Waals surface area contributed by atoms with E-state index in [0.29, 0.717) is 0 Å². The van der Waals surface area contributed by atoms with E-state index in [9.17, 15) is 13.2 Å². The predicted molar refractivity (Wildman–Crippen MR) is 40.9 cm³/mol. The van der Waals surface area contributed by atoms with E-state index in [1.165, 1.54) is 0 Å². The number of carbonyl (C=O) groups is 1. The number of amides is 1. The van der Waals surface area contributed by atoms with Crippen LogP contribution in [-0.4, -0.2) is 31.4 Å². The monoisotopic (exact) mass is 177 g/mol. The Morgan fingerprint density at radius 2 is 2.00 bits per heavy atom. The van der Waals surface area contributed by atoms with Crippen LogP contribution < -0.4 is 5.32 Å². The summed E-state index contributed by atoms with van der Waals surface area (Å²) in [5, 5.41) is 2.51. The predicted octanol–water partition coefficient (Wildman–Crippen LogP) is -0.690. The van der Waals surface area contributed by atoms with Crippen molar-refractivity contribution in [3.63, 3.8) is 0 Å². The number of rotatable bonds is 0. The summed E-state index contributed by atoms with van der Waals surface area (Å²) in [6.45, 7) is 3.44. The summed E-state index contributed by atoms with van der Waals surface area (Å²) in [4.78, 5) is 10.7. The van der Waals surface area contributed by atoms with Crippen molar-refractivity contribution in [1.29, 1.82) is 0 Å². The molecule has 0 atom stereocenters. The third-order valence-electron chi connectivity index (χ3n) is 1.87. The molecule has 1 saturated heterocycles. The standard InChI is InChI=1S/C6H11NO3S/c1-6(2)4-7-5(8)3-11(6,9)10/h3-4H2,1-2H3,(H,7,8). The fourth-order valence-electron chi connectivity index (χ4n) is 0.840. The second kappa shape index (κ2) is 2.20. The topological polar surface area (TPSA) is 63.2 Å². The summed E-state index contributed by atoms with van der Waals surface area (Å²) in [5.74, 6) is -0.774. The van der Waals surface area contributed by atoms with E-state index in [4.69, 9.17) is 0 Å². The number of hydrogen-bond acceptors (Lipinski definition) is 3. The zero-order chi connectivity index (χ0) is 8.70. The van der Waals surface area contributed by atoms with Gasteiger partial charge in [-0.15, -0.1) is 0 Å². The van der Waals surface area contributed by atoms with Crippen molar-refractivity contribution in [2.24, 2.45) is 0 Å². The molecule has 0 radical (unpaired) electrons. The van der Waals surface area contributed by atoms with Crippen LogP contribution in [0.25, 0.3) is 0 Å². The molecule has 0 aromatic carbocycles. The van der Waals surface area contributed by atoms with Crippen LogP contribution in [-0.2, 0) is 14.6 Å². The van der Waals surface area contributed by atoms with Gasteiger partial charge in [0.25, 0.3) is 0 Å². The summed E-state index contributed by atoms with van der Waals surface area (Å²) < 4.78 is 21.7. The zero-order valence-electron chi connectivity index (χ0n) is 6.55. The van der Waals surface area contributed by atoms with E-state index in [-0.39, 0.29) is 12.3 Å². The molecular formula is C6H11NO3S. The lowest BCUT2D eigenvalue weighted by atomic mass is 10.2. The van der Waals surface area contributed by atoms with Gasteiger partial charge in [-0.2, -0.15) is 0 Å². The summed E-state index contributed by atoms with van der Waals surface area (Å²) >= 11 is 0. The van der Waals surface area contributed by atoms with Crippen molar-refractivity contribution >= 4 is 15.7 Å². The zero-order valence-corrected chi connectivity index (χ0v) is 7.36. The van der Waals surface area contributed by atoms with Crippen LogP contribution in [0.2, 0.25) is 0 Å². The molecule has 1 aliphatic rings. The third kappa shape index (κ3) is 1.38. The Kier molecular flexibility index (Phi) is 1.70. The van der Waals surface area contributed by atoms with Gasteiger partial charge in [0.2, 0.25) is 5.91 Å². The van der Waals surface area contributed by atoms with Gasteiger partial charge < -0.3 is 5.32 Å². The molecule has 5 heteroatoms. The van der Waals surface area contributed by atoms with Gasteiger partial charge in [-0.25, -0.2) is 8.42 Å². The van der Waals surface area contributed by atoms with Gasteiger partial charge in [0.1, 0.15) is 5.75 Å². The summed E-state index contributed by atoms with van der Waals surface area (Å²) in [5.41, 5.74) is 0. The molecule has 11 heavy (non-hydrogen) atoms. The lowest BCUT2D eigenvalue weighted by Gasteiger charge is -2.29. The maximum absolute atomic E-state index is 11.3. The van der Waals surface area contributed by atoms with E-state index < -0.39 is 20.5 Å². The largest absolute Gasteiger partial charge is 0.354 e. The van der Waals surface area contributed by atoms with Gasteiger partial charge in [0, 0.05) is 6.54 Å². The van der Waals surface area contributed by atoms with Gasteiger partial charge in [0.05, 0.1) is 4.75 Å². The average molecular weight is 177 g/mol. The van der Waals surface area contributed by atoms with Crippen LogP contribution in [0, 0.1) is 0 Å². The highest BCUT2D eigenvalue weighted by atomic mass is 32.2. The molecule has 0 aromatic heterocycles. The van der Waals surface area contributed by atoms with Gasteiger partial charge in [-0.05, 0) is 13.8 Å². The van der Waals surface area contributed by atoms with Crippen LogP contribution in [0.5, 0.6) is 0 Å². The summed E-state index contributed by atoms with van der Waals surface area (Å²) in [6, 6.07) is 0.